The summed E-state index contributed by atoms with van der Waals surface area (Å²) in [6.07, 6.45) is 5.13. The molecular formula is C18H15FN4O. The van der Waals surface area contributed by atoms with E-state index in [0.29, 0.717) is 12.2 Å². The predicted molar refractivity (Wildman–Crippen MR) is 89.7 cm³/mol. The van der Waals surface area contributed by atoms with E-state index < -0.39 is 0 Å². The van der Waals surface area contributed by atoms with Crippen molar-refractivity contribution < 1.29 is 9.18 Å². The van der Waals surface area contributed by atoms with Crippen molar-refractivity contribution in [3.05, 3.63) is 78.5 Å². The molecule has 0 bridgehead atoms. The van der Waals surface area contributed by atoms with Gasteiger partial charge in [-0.1, -0.05) is 0 Å². The summed E-state index contributed by atoms with van der Waals surface area (Å²) >= 11 is 0. The molecule has 0 atom stereocenters. The molecule has 0 aliphatic heterocycles. The van der Waals surface area contributed by atoms with Gasteiger partial charge in [-0.3, -0.25) is 9.97 Å². The first-order valence-corrected chi connectivity index (χ1v) is 7.36. The summed E-state index contributed by atoms with van der Waals surface area (Å²) in [5, 5.41) is 5.40. The number of urea groups is 1. The van der Waals surface area contributed by atoms with Crippen molar-refractivity contribution in [1.29, 1.82) is 0 Å². The smallest absolute Gasteiger partial charge is 0.319 e. The molecule has 0 fully saturated rings. The van der Waals surface area contributed by atoms with E-state index in [1.54, 1.807) is 18.6 Å². The fourth-order valence-electron chi connectivity index (χ4n) is 2.15. The van der Waals surface area contributed by atoms with Gasteiger partial charge in [-0.2, -0.15) is 0 Å². The SMILES string of the molecule is O=C(NCc1ccnc(-c2cccnc2)c1)Nc1ccc(F)cc1. The van der Waals surface area contributed by atoms with Gasteiger partial charge in [-0.15, -0.1) is 0 Å². The molecule has 3 aromatic rings. The number of pyridine rings is 2. The second-order valence-corrected chi connectivity index (χ2v) is 5.11. The first kappa shape index (κ1) is 15.6. The van der Waals surface area contributed by atoms with Gasteiger partial charge in [0, 0.05) is 36.4 Å². The third kappa shape index (κ3) is 4.13. The molecule has 0 unspecified atom stereocenters. The molecule has 0 saturated heterocycles. The van der Waals surface area contributed by atoms with Gasteiger partial charge >= 0.3 is 6.03 Å². The van der Waals surface area contributed by atoms with Gasteiger partial charge in [-0.25, -0.2) is 9.18 Å². The highest BCUT2D eigenvalue weighted by Crippen LogP contribution is 2.16. The zero-order valence-corrected chi connectivity index (χ0v) is 12.7. The van der Waals surface area contributed by atoms with E-state index in [0.717, 1.165) is 16.8 Å². The maximum atomic E-state index is 12.8. The number of carbonyl (C=O) groups excluding carboxylic acids is 1. The average molecular weight is 322 g/mol. The van der Waals surface area contributed by atoms with Gasteiger partial charge in [0.05, 0.1) is 5.69 Å². The highest BCUT2D eigenvalue weighted by molar-refractivity contribution is 5.89. The summed E-state index contributed by atoms with van der Waals surface area (Å²) in [6.45, 7) is 0.350. The molecule has 120 valence electrons. The van der Waals surface area contributed by atoms with Crippen molar-refractivity contribution in [2.75, 3.05) is 5.32 Å². The Morgan fingerprint density at radius 3 is 2.67 bits per heavy atom. The monoisotopic (exact) mass is 322 g/mol. The van der Waals surface area contributed by atoms with Crippen LogP contribution in [0.1, 0.15) is 5.56 Å². The van der Waals surface area contributed by atoms with Gasteiger partial charge in [0.15, 0.2) is 0 Å². The van der Waals surface area contributed by atoms with Crippen LogP contribution in [0.15, 0.2) is 67.1 Å². The third-order valence-corrected chi connectivity index (χ3v) is 3.34. The first-order valence-electron chi connectivity index (χ1n) is 7.36. The largest absolute Gasteiger partial charge is 0.334 e. The fourth-order valence-corrected chi connectivity index (χ4v) is 2.15. The van der Waals surface area contributed by atoms with Crippen LogP contribution in [-0.4, -0.2) is 16.0 Å². The van der Waals surface area contributed by atoms with Crippen LogP contribution in [0.3, 0.4) is 0 Å². The number of anilines is 1. The molecule has 24 heavy (non-hydrogen) atoms. The van der Waals surface area contributed by atoms with Crippen molar-refractivity contribution in [2.45, 2.75) is 6.54 Å². The summed E-state index contributed by atoms with van der Waals surface area (Å²) in [4.78, 5) is 20.3. The van der Waals surface area contributed by atoms with E-state index in [-0.39, 0.29) is 11.8 Å². The summed E-state index contributed by atoms with van der Waals surface area (Å²) < 4.78 is 12.8. The Labute approximate surface area is 138 Å². The minimum Gasteiger partial charge on any atom is -0.334 e. The van der Waals surface area contributed by atoms with Gasteiger partial charge in [0.25, 0.3) is 0 Å². The summed E-state index contributed by atoms with van der Waals surface area (Å²) in [5.41, 5.74) is 3.15. The topological polar surface area (TPSA) is 66.9 Å². The number of halogens is 1. The Morgan fingerprint density at radius 2 is 1.92 bits per heavy atom. The molecule has 2 amide bonds. The number of hydrogen-bond acceptors (Lipinski definition) is 3. The van der Waals surface area contributed by atoms with Crippen LogP contribution < -0.4 is 10.6 Å². The lowest BCUT2D eigenvalue weighted by molar-refractivity contribution is 0.251. The Bertz CT molecular complexity index is 822. The minimum absolute atomic E-state index is 0.347. The maximum absolute atomic E-state index is 12.8. The van der Waals surface area contributed by atoms with Gasteiger partial charge in [-0.05, 0) is 54.1 Å². The van der Waals surface area contributed by atoms with Crippen LogP contribution in [-0.2, 0) is 6.54 Å². The van der Waals surface area contributed by atoms with Crippen molar-refractivity contribution >= 4 is 11.7 Å². The van der Waals surface area contributed by atoms with Crippen molar-refractivity contribution in [3.8, 4) is 11.3 Å². The Morgan fingerprint density at radius 1 is 1.08 bits per heavy atom. The van der Waals surface area contributed by atoms with E-state index in [1.165, 1.54) is 24.3 Å². The van der Waals surface area contributed by atoms with Crippen LogP contribution in [0, 0.1) is 5.82 Å². The molecule has 5 nitrogen and oxygen atoms in total. The molecule has 0 spiro atoms. The Hall–Kier alpha value is -3.28. The van der Waals surface area contributed by atoms with Gasteiger partial charge < -0.3 is 10.6 Å². The van der Waals surface area contributed by atoms with E-state index >= 15 is 0 Å². The third-order valence-electron chi connectivity index (χ3n) is 3.34. The Balaban J connectivity index is 1.60. The standard InChI is InChI=1S/C18H15FN4O/c19-15-3-5-16(6-4-15)23-18(24)22-11-13-7-9-21-17(10-13)14-2-1-8-20-12-14/h1-10,12H,11H2,(H2,22,23,24). The average Bonchev–Trinajstić information content (AvgIpc) is 2.63. The van der Waals surface area contributed by atoms with E-state index in [2.05, 4.69) is 20.6 Å². The van der Waals surface area contributed by atoms with Gasteiger partial charge in [0.1, 0.15) is 5.82 Å². The predicted octanol–water partition coefficient (Wildman–Crippen LogP) is 3.60. The normalized spacial score (nSPS) is 10.2. The highest BCUT2D eigenvalue weighted by Gasteiger charge is 2.04. The molecule has 0 aliphatic carbocycles. The van der Waals surface area contributed by atoms with E-state index in [4.69, 9.17) is 0 Å². The fraction of sp³-hybridized carbons (Fsp3) is 0.0556. The molecule has 2 aromatic heterocycles. The number of rotatable bonds is 4. The van der Waals surface area contributed by atoms with Crippen LogP contribution in [0.25, 0.3) is 11.3 Å². The van der Waals surface area contributed by atoms with Crippen molar-refractivity contribution in [2.24, 2.45) is 0 Å². The second kappa shape index (κ2) is 7.32. The number of nitrogens with one attached hydrogen (secondary N) is 2. The summed E-state index contributed by atoms with van der Waals surface area (Å²) in [6, 6.07) is 12.7. The Kier molecular flexibility index (Phi) is 4.76. The number of aromatic nitrogens is 2. The second-order valence-electron chi connectivity index (χ2n) is 5.11. The first-order chi connectivity index (χ1) is 11.7. The lowest BCUT2D eigenvalue weighted by Crippen LogP contribution is -2.28. The van der Waals surface area contributed by atoms with Crippen molar-refractivity contribution in [1.82, 2.24) is 15.3 Å². The molecule has 0 aliphatic rings. The van der Waals surface area contributed by atoms with Crippen LogP contribution >= 0.6 is 0 Å². The molecule has 3 rings (SSSR count). The van der Waals surface area contributed by atoms with Crippen molar-refractivity contribution in [3.63, 3.8) is 0 Å². The number of carbonyl (C=O) groups is 1. The van der Waals surface area contributed by atoms with Crippen LogP contribution in [0.5, 0.6) is 0 Å². The summed E-state index contributed by atoms with van der Waals surface area (Å²) in [5.74, 6) is -0.347. The highest BCUT2D eigenvalue weighted by atomic mass is 19.1. The lowest BCUT2D eigenvalue weighted by atomic mass is 10.1. The van der Waals surface area contributed by atoms with Gasteiger partial charge in [0.2, 0.25) is 0 Å². The number of hydrogen-bond donors (Lipinski definition) is 2. The van der Waals surface area contributed by atoms with E-state index in [1.807, 2.05) is 24.3 Å². The zero-order chi connectivity index (χ0) is 16.8. The lowest BCUT2D eigenvalue weighted by Gasteiger charge is -2.08. The minimum atomic E-state index is -0.360. The molecule has 6 heteroatoms. The molecule has 0 saturated carbocycles. The molecule has 2 N–H and O–H groups in total. The zero-order valence-electron chi connectivity index (χ0n) is 12.7. The summed E-state index contributed by atoms with van der Waals surface area (Å²) in [7, 11) is 0. The number of benzene rings is 1. The number of nitrogens with zero attached hydrogens (tertiary/aromatic N) is 2. The quantitative estimate of drug-likeness (QED) is 0.771. The van der Waals surface area contributed by atoms with E-state index in [9.17, 15) is 9.18 Å². The molecule has 0 radical (unpaired) electrons. The molecule has 2 heterocycles. The van der Waals surface area contributed by atoms with Crippen LogP contribution in [0.4, 0.5) is 14.9 Å². The maximum Gasteiger partial charge on any atom is 0.319 e. The number of amides is 2. The molecule has 1 aromatic carbocycles. The molecular weight excluding hydrogens is 307 g/mol. The van der Waals surface area contributed by atoms with Crippen LogP contribution in [0.2, 0.25) is 0 Å².